The fourth-order valence-corrected chi connectivity index (χ4v) is 2.81. The van der Waals surface area contributed by atoms with Gasteiger partial charge in [0.05, 0.1) is 11.6 Å². The van der Waals surface area contributed by atoms with Crippen molar-refractivity contribution in [3.8, 4) is 0 Å². The van der Waals surface area contributed by atoms with Crippen molar-refractivity contribution < 1.29 is 0 Å². The highest BCUT2D eigenvalue weighted by Gasteiger charge is 2.15. The number of hydrogen-bond acceptors (Lipinski definition) is 4. The first-order valence-electron chi connectivity index (χ1n) is 6.43. The number of halogens is 1. The summed E-state index contributed by atoms with van der Waals surface area (Å²) in [5, 5.41) is 11.3. The Balaban J connectivity index is 1.67. The van der Waals surface area contributed by atoms with Crippen molar-refractivity contribution in [2.45, 2.75) is 32.1 Å². The molecule has 2 aromatic rings. The highest BCUT2D eigenvalue weighted by atomic mass is 35.5. The van der Waals surface area contributed by atoms with Gasteiger partial charge in [-0.25, -0.2) is 0 Å². The van der Waals surface area contributed by atoms with Crippen molar-refractivity contribution in [1.82, 2.24) is 20.2 Å². The Kier molecular flexibility index (Phi) is 3.32. The first-order chi connectivity index (χ1) is 8.83. The zero-order valence-electron chi connectivity index (χ0n) is 10.1. The smallest absolute Gasteiger partial charge is 0.226 e. The Morgan fingerprint density at radius 3 is 3.00 bits per heavy atom. The number of H-pyrrole nitrogens is 1. The van der Waals surface area contributed by atoms with Crippen LogP contribution in [0, 0.1) is 5.92 Å². The van der Waals surface area contributed by atoms with E-state index in [9.17, 15) is 0 Å². The molecule has 0 atom stereocenters. The summed E-state index contributed by atoms with van der Waals surface area (Å²) in [6.45, 7) is 0.929. The van der Waals surface area contributed by atoms with E-state index in [1.54, 1.807) is 6.20 Å². The third kappa shape index (κ3) is 2.41. The second kappa shape index (κ2) is 5.10. The van der Waals surface area contributed by atoms with Crippen molar-refractivity contribution in [3.63, 3.8) is 0 Å². The van der Waals surface area contributed by atoms with Crippen LogP contribution in [0.25, 0.3) is 11.0 Å². The van der Waals surface area contributed by atoms with Gasteiger partial charge in [0.2, 0.25) is 5.28 Å². The third-order valence-electron chi connectivity index (χ3n) is 3.60. The van der Waals surface area contributed by atoms with Crippen LogP contribution in [0.1, 0.15) is 32.1 Å². The van der Waals surface area contributed by atoms with E-state index in [0.717, 1.165) is 23.7 Å². The highest BCUT2D eigenvalue weighted by molar-refractivity contribution is 6.28. The summed E-state index contributed by atoms with van der Waals surface area (Å²) in [6, 6.07) is 0. The minimum atomic E-state index is 0.245. The molecule has 6 heteroatoms. The summed E-state index contributed by atoms with van der Waals surface area (Å²) >= 11 is 5.88. The molecule has 0 unspecified atom stereocenters. The van der Waals surface area contributed by atoms with Gasteiger partial charge in [-0.15, -0.1) is 0 Å². The Labute approximate surface area is 110 Å². The zero-order valence-corrected chi connectivity index (χ0v) is 10.9. The lowest BCUT2D eigenvalue weighted by molar-refractivity contribution is 0.518. The Morgan fingerprint density at radius 1 is 1.33 bits per heavy atom. The van der Waals surface area contributed by atoms with Crippen LogP contribution in [-0.4, -0.2) is 26.7 Å². The number of fused-ring (bicyclic) bond motifs is 1. The maximum Gasteiger partial charge on any atom is 0.226 e. The van der Waals surface area contributed by atoms with E-state index in [2.05, 4.69) is 25.5 Å². The maximum atomic E-state index is 5.88. The lowest BCUT2D eigenvalue weighted by Crippen LogP contribution is -2.08. The van der Waals surface area contributed by atoms with Crippen LogP contribution in [0.4, 0.5) is 5.82 Å². The fourth-order valence-electron chi connectivity index (χ4n) is 2.64. The molecule has 0 radical (unpaired) electrons. The third-order valence-corrected chi connectivity index (χ3v) is 3.77. The molecule has 0 aliphatic heterocycles. The number of aromatic nitrogens is 4. The molecule has 1 fully saturated rings. The highest BCUT2D eigenvalue weighted by Crippen LogP contribution is 2.27. The van der Waals surface area contributed by atoms with Crippen molar-refractivity contribution >= 4 is 28.5 Å². The molecule has 2 heterocycles. The van der Waals surface area contributed by atoms with E-state index in [-0.39, 0.29) is 5.28 Å². The summed E-state index contributed by atoms with van der Waals surface area (Å²) in [5.74, 6) is 1.64. The largest absolute Gasteiger partial charge is 0.369 e. The molecule has 0 bridgehead atoms. The number of hydrogen-bond donors (Lipinski definition) is 2. The predicted octanol–water partition coefficient (Wildman–Crippen LogP) is 3.00. The van der Waals surface area contributed by atoms with Crippen LogP contribution in [0.3, 0.4) is 0 Å². The molecule has 5 nitrogen and oxygen atoms in total. The van der Waals surface area contributed by atoms with Gasteiger partial charge in [-0.2, -0.15) is 15.1 Å². The SMILES string of the molecule is Clc1nc(NCCC2CCCC2)c2cn[nH]c2n1. The van der Waals surface area contributed by atoms with Gasteiger partial charge in [-0.05, 0) is 23.9 Å². The van der Waals surface area contributed by atoms with Crippen molar-refractivity contribution in [3.05, 3.63) is 11.5 Å². The number of aromatic amines is 1. The molecule has 18 heavy (non-hydrogen) atoms. The second-order valence-corrected chi connectivity index (χ2v) is 5.18. The Hall–Kier alpha value is -1.36. The van der Waals surface area contributed by atoms with Gasteiger partial charge >= 0.3 is 0 Å². The minimum absolute atomic E-state index is 0.245. The van der Waals surface area contributed by atoms with E-state index in [1.165, 1.54) is 32.1 Å². The summed E-state index contributed by atoms with van der Waals surface area (Å²) in [7, 11) is 0. The maximum absolute atomic E-state index is 5.88. The molecule has 0 saturated heterocycles. The molecule has 2 aromatic heterocycles. The van der Waals surface area contributed by atoms with Gasteiger partial charge in [0.25, 0.3) is 0 Å². The van der Waals surface area contributed by atoms with E-state index in [4.69, 9.17) is 11.6 Å². The van der Waals surface area contributed by atoms with E-state index in [0.29, 0.717) is 5.65 Å². The quantitative estimate of drug-likeness (QED) is 0.834. The summed E-state index contributed by atoms with van der Waals surface area (Å²) in [5.41, 5.74) is 0.679. The van der Waals surface area contributed by atoms with Gasteiger partial charge in [-0.1, -0.05) is 25.7 Å². The minimum Gasteiger partial charge on any atom is -0.369 e. The predicted molar refractivity (Wildman–Crippen MR) is 71.8 cm³/mol. The molecule has 1 aliphatic rings. The van der Waals surface area contributed by atoms with Crippen LogP contribution in [-0.2, 0) is 0 Å². The first-order valence-corrected chi connectivity index (χ1v) is 6.81. The molecule has 0 spiro atoms. The van der Waals surface area contributed by atoms with Crippen molar-refractivity contribution in [1.29, 1.82) is 0 Å². The number of nitrogens with zero attached hydrogens (tertiary/aromatic N) is 3. The van der Waals surface area contributed by atoms with Crippen LogP contribution in [0.2, 0.25) is 5.28 Å². The lowest BCUT2D eigenvalue weighted by Gasteiger charge is -2.10. The standard InChI is InChI=1S/C12H16ClN5/c13-12-16-10(9-7-15-18-11(9)17-12)14-6-5-8-3-1-2-4-8/h7-8H,1-6H2,(H2,14,15,16,17,18). The number of rotatable bonds is 4. The van der Waals surface area contributed by atoms with E-state index >= 15 is 0 Å². The first kappa shape index (κ1) is 11.7. The summed E-state index contributed by atoms with van der Waals surface area (Å²) in [4.78, 5) is 8.30. The van der Waals surface area contributed by atoms with Gasteiger partial charge < -0.3 is 5.32 Å². The number of anilines is 1. The molecule has 96 valence electrons. The Bertz CT molecular complexity index is 532. The lowest BCUT2D eigenvalue weighted by atomic mass is 10.0. The average molecular weight is 266 g/mol. The van der Waals surface area contributed by atoms with Gasteiger partial charge in [0.15, 0.2) is 5.65 Å². The van der Waals surface area contributed by atoms with Gasteiger partial charge in [-0.3, -0.25) is 5.10 Å². The second-order valence-electron chi connectivity index (χ2n) is 4.84. The van der Waals surface area contributed by atoms with Crippen molar-refractivity contribution in [2.75, 3.05) is 11.9 Å². The normalized spacial score (nSPS) is 16.5. The summed E-state index contributed by atoms with van der Waals surface area (Å²) < 4.78 is 0. The monoisotopic (exact) mass is 265 g/mol. The fraction of sp³-hybridized carbons (Fsp3) is 0.583. The molecule has 2 N–H and O–H groups in total. The molecular weight excluding hydrogens is 250 g/mol. The molecule has 1 aliphatic carbocycles. The van der Waals surface area contributed by atoms with Crippen molar-refractivity contribution in [2.24, 2.45) is 5.92 Å². The van der Waals surface area contributed by atoms with Gasteiger partial charge in [0, 0.05) is 6.54 Å². The molecule has 1 saturated carbocycles. The van der Waals surface area contributed by atoms with Gasteiger partial charge in [0.1, 0.15) is 5.82 Å². The van der Waals surface area contributed by atoms with Crippen LogP contribution < -0.4 is 5.32 Å². The van der Waals surface area contributed by atoms with Crippen LogP contribution >= 0.6 is 11.6 Å². The molecule has 0 amide bonds. The topological polar surface area (TPSA) is 66.5 Å². The molecule has 0 aromatic carbocycles. The van der Waals surface area contributed by atoms with Crippen LogP contribution in [0.15, 0.2) is 6.20 Å². The average Bonchev–Trinajstić information content (AvgIpc) is 2.98. The number of nitrogens with one attached hydrogen (secondary N) is 2. The molecule has 3 rings (SSSR count). The zero-order chi connectivity index (χ0) is 12.4. The molecular formula is C12H16ClN5. The van der Waals surface area contributed by atoms with E-state index in [1.807, 2.05) is 0 Å². The van der Waals surface area contributed by atoms with Crippen LogP contribution in [0.5, 0.6) is 0 Å². The Morgan fingerprint density at radius 2 is 2.17 bits per heavy atom. The summed E-state index contributed by atoms with van der Waals surface area (Å²) in [6.07, 6.45) is 8.43. The van der Waals surface area contributed by atoms with E-state index < -0.39 is 0 Å².